The average Bonchev–Trinajstić information content (AvgIpc) is 2.34. The molecule has 4 nitrogen and oxygen atoms in total. The average molecular weight is 330 g/mol. The molecule has 1 aliphatic heterocycles. The number of ether oxygens (including phenoxy) is 2. The van der Waals surface area contributed by atoms with Crippen LogP contribution in [-0.4, -0.2) is 50.5 Å². The zero-order valence-corrected chi connectivity index (χ0v) is 12.9. The Labute approximate surface area is 122 Å². The Kier molecular flexibility index (Phi) is 4.84. The molecule has 1 aromatic rings. The summed E-state index contributed by atoms with van der Waals surface area (Å²) in [7, 11) is 3.72. The lowest BCUT2D eigenvalue weighted by Gasteiger charge is -2.42. The molecule has 5 heteroatoms. The van der Waals surface area contributed by atoms with E-state index in [1.54, 1.807) is 7.11 Å². The molecule has 106 valence electrons. The minimum atomic E-state index is -0.0710. The third-order valence-corrected chi connectivity index (χ3v) is 4.05. The minimum absolute atomic E-state index is 0.0710. The van der Waals surface area contributed by atoms with Crippen LogP contribution < -0.4 is 4.74 Å². The zero-order valence-electron chi connectivity index (χ0n) is 11.4. The molecule has 0 saturated carbocycles. The standard InChI is InChI=1S/C14H20BrNO3/c1-16(7-14(8-17)9-19-10-14)6-11-3-4-13(18-2)12(15)5-11/h3-5,17H,6-10H2,1-2H3. The summed E-state index contributed by atoms with van der Waals surface area (Å²) in [5, 5.41) is 9.43. The summed E-state index contributed by atoms with van der Waals surface area (Å²) in [5.41, 5.74) is 1.14. The van der Waals surface area contributed by atoms with Gasteiger partial charge in [0, 0.05) is 13.1 Å². The Balaban J connectivity index is 1.95. The van der Waals surface area contributed by atoms with E-state index in [0.29, 0.717) is 13.2 Å². The SMILES string of the molecule is COc1ccc(CN(C)CC2(CO)COC2)cc1Br. The lowest BCUT2D eigenvalue weighted by atomic mass is 9.86. The number of hydrogen-bond donors (Lipinski definition) is 1. The Morgan fingerprint density at radius 2 is 2.21 bits per heavy atom. The van der Waals surface area contributed by atoms with Crippen molar-refractivity contribution in [2.45, 2.75) is 6.54 Å². The molecule has 19 heavy (non-hydrogen) atoms. The van der Waals surface area contributed by atoms with E-state index in [0.717, 1.165) is 23.3 Å². The van der Waals surface area contributed by atoms with Crippen LogP contribution in [0.2, 0.25) is 0 Å². The maximum atomic E-state index is 9.43. The van der Waals surface area contributed by atoms with Crippen LogP contribution in [0.3, 0.4) is 0 Å². The number of methoxy groups -OCH3 is 1. The van der Waals surface area contributed by atoms with Crippen molar-refractivity contribution >= 4 is 15.9 Å². The molecule has 0 bridgehead atoms. The van der Waals surface area contributed by atoms with Crippen LogP contribution >= 0.6 is 15.9 Å². The molecular formula is C14H20BrNO3. The molecule has 1 fully saturated rings. The molecule has 0 spiro atoms. The Hall–Kier alpha value is -0.620. The number of hydrogen-bond acceptors (Lipinski definition) is 4. The molecule has 2 rings (SSSR count). The fourth-order valence-corrected chi connectivity index (χ4v) is 2.96. The molecule has 0 radical (unpaired) electrons. The van der Waals surface area contributed by atoms with Gasteiger partial charge in [0.2, 0.25) is 0 Å². The van der Waals surface area contributed by atoms with Gasteiger partial charge in [-0.15, -0.1) is 0 Å². The molecule has 0 atom stereocenters. The predicted molar refractivity (Wildman–Crippen MR) is 77.4 cm³/mol. The topological polar surface area (TPSA) is 41.9 Å². The van der Waals surface area contributed by atoms with Gasteiger partial charge in [-0.3, -0.25) is 0 Å². The number of benzene rings is 1. The molecule has 0 amide bonds. The van der Waals surface area contributed by atoms with Crippen LogP contribution in [0.15, 0.2) is 22.7 Å². The van der Waals surface area contributed by atoms with E-state index >= 15 is 0 Å². The quantitative estimate of drug-likeness (QED) is 0.865. The van der Waals surface area contributed by atoms with Crippen LogP contribution in [0.4, 0.5) is 0 Å². The van der Waals surface area contributed by atoms with E-state index in [2.05, 4.69) is 40.0 Å². The molecule has 0 aromatic heterocycles. The number of nitrogens with zero attached hydrogens (tertiary/aromatic N) is 1. The molecule has 0 unspecified atom stereocenters. The fraction of sp³-hybridized carbons (Fsp3) is 0.571. The number of halogens is 1. The van der Waals surface area contributed by atoms with Gasteiger partial charge >= 0.3 is 0 Å². The van der Waals surface area contributed by atoms with Gasteiger partial charge in [0.15, 0.2) is 0 Å². The highest BCUT2D eigenvalue weighted by Crippen LogP contribution is 2.29. The molecule has 1 aliphatic rings. The summed E-state index contributed by atoms with van der Waals surface area (Å²) in [6.07, 6.45) is 0. The van der Waals surface area contributed by atoms with Gasteiger partial charge in [0.1, 0.15) is 5.75 Å². The van der Waals surface area contributed by atoms with Crippen LogP contribution in [0.25, 0.3) is 0 Å². The normalized spacial score (nSPS) is 17.3. The van der Waals surface area contributed by atoms with Crippen LogP contribution in [0.1, 0.15) is 5.56 Å². The highest BCUT2D eigenvalue weighted by atomic mass is 79.9. The molecular weight excluding hydrogens is 310 g/mol. The summed E-state index contributed by atoms with van der Waals surface area (Å²) in [6, 6.07) is 6.09. The van der Waals surface area contributed by atoms with E-state index in [1.807, 2.05) is 6.07 Å². The smallest absolute Gasteiger partial charge is 0.133 e. The van der Waals surface area contributed by atoms with Crippen molar-refractivity contribution in [3.05, 3.63) is 28.2 Å². The summed E-state index contributed by atoms with van der Waals surface area (Å²) >= 11 is 3.49. The first-order chi connectivity index (χ1) is 9.08. The first-order valence-electron chi connectivity index (χ1n) is 6.28. The summed E-state index contributed by atoms with van der Waals surface area (Å²) in [5.74, 6) is 0.839. The van der Waals surface area contributed by atoms with Gasteiger partial charge in [0.25, 0.3) is 0 Å². The maximum absolute atomic E-state index is 9.43. The van der Waals surface area contributed by atoms with E-state index in [-0.39, 0.29) is 12.0 Å². The molecule has 0 aliphatic carbocycles. The first kappa shape index (κ1) is 14.8. The molecule has 1 heterocycles. The van der Waals surface area contributed by atoms with Crippen molar-refractivity contribution in [1.82, 2.24) is 4.90 Å². The lowest BCUT2D eigenvalue weighted by Crippen LogP contribution is -2.52. The summed E-state index contributed by atoms with van der Waals surface area (Å²) in [4.78, 5) is 2.22. The number of aliphatic hydroxyl groups is 1. The largest absolute Gasteiger partial charge is 0.496 e. The van der Waals surface area contributed by atoms with Crippen molar-refractivity contribution in [1.29, 1.82) is 0 Å². The second-order valence-corrected chi connectivity index (χ2v) is 6.15. The van der Waals surface area contributed by atoms with Crippen molar-refractivity contribution in [2.24, 2.45) is 5.41 Å². The highest BCUT2D eigenvalue weighted by Gasteiger charge is 2.38. The van der Waals surface area contributed by atoms with Gasteiger partial charge in [-0.1, -0.05) is 6.07 Å². The van der Waals surface area contributed by atoms with E-state index in [9.17, 15) is 5.11 Å². The van der Waals surface area contributed by atoms with Crippen molar-refractivity contribution in [3.63, 3.8) is 0 Å². The van der Waals surface area contributed by atoms with Crippen LogP contribution in [0.5, 0.6) is 5.75 Å². The minimum Gasteiger partial charge on any atom is -0.496 e. The van der Waals surface area contributed by atoms with Crippen molar-refractivity contribution in [2.75, 3.05) is 40.5 Å². The van der Waals surface area contributed by atoms with E-state index in [1.165, 1.54) is 5.56 Å². The van der Waals surface area contributed by atoms with E-state index in [4.69, 9.17) is 9.47 Å². The van der Waals surface area contributed by atoms with Crippen LogP contribution in [-0.2, 0) is 11.3 Å². The third-order valence-electron chi connectivity index (χ3n) is 3.43. The fourth-order valence-electron chi connectivity index (χ4n) is 2.37. The predicted octanol–water partition coefficient (Wildman–Crippen LogP) is 1.90. The number of aliphatic hydroxyl groups excluding tert-OH is 1. The first-order valence-corrected chi connectivity index (χ1v) is 7.07. The van der Waals surface area contributed by atoms with Gasteiger partial charge in [-0.25, -0.2) is 0 Å². The van der Waals surface area contributed by atoms with Gasteiger partial charge in [-0.05, 0) is 40.7 Å². The molecule has 1 N–H and O–H groups in total. The third kappa shape index (κ3) is 3.48. The van der Waals surface area contributed by atoms with Gasteiger partial charge < -0.3 is 19.5 Å². The molecule has 1 aromatic carbocycles. The maximum Gasteiger partial charge on any atom is 0.133 e. The Morgan fingerprint density at radius 1 is 1.47 bits per heavy atom. The Morgan fingerprint density at radius 3 is 2.68 bits per heavy atom. The Bertz CT molecular complexity index is 429. The second kappa shape index (κ2) is 6.22. The zero-order chi connectivity index (χ0) is 13.9. The summed E-state index contributed by atoms with van der Waals surface area (Å²) < 4.78 is 11.4. The second-order valence-electron chi connectivity index (χ2n) is 5.29. The lowest BCUT2D eigenvalue weighted by molar-refractivity contribution is -0.147. The van der Waals surface area contributed by atoms with Gasteiger partial charge in [0.05, 0.1) is 36.8 Å². The van der Waals surface area contributed by atoms with Crippen molar-refractivity contribution < 1.29 is 14.6 Å². The highest BCUT2D eigenvalue weighted by molar-refractivity contribution is 9.10. The van der Waals surface area contributed by atoms with E-state index < -0.39 is 0 Å². The monoisotopic (exact) mass is 329 g/mol. The van der Waals surface area contributed by atoms with Gasteiger partial charge in [-0.2, -0.15) is 0 Å². The van der Waals surface area contributed by atoms with Crippen molar-refractivity contribution in [3.8, 4) is 5.75 Å². The number of rotatable bonds is 6. The summed E-state index contributed by atoms with van der Waals surface area (Å²) in [6.45, 7) is 3.17. The van der Waals surface area contributed by atoms with Crippen LogP contribution in [0, 0.1) is 5.41 Å². The molecule has 1 saturated heterocycles.